The number of hydrogen-bond acceptors (Lipinski definition) is 4. The quantitative estimate of drug-likeness (QED) is 0.813. The van der Waals surface area contributed by atoms with E-state index in [9.17, 15) is 0 Å². The van der Waals surface area contributed by atoms with Crippen LogP contribution in [0.3, 0.4) is 0 Å². The molecule has 0 radical (unpaired) electrons. The Bertz CT molecular complexity index is 531. The first-order valence-electron chi connectivity index (χ1n) is 6.29. The molecule has 1 saturated heterocycles. The van der Waals surface area contributed by atoms with Crippen molar-refractivity contribution in [3.63, 3.8) is 0 Å². The average molecular weight is 244 g/mol. The number of hydrogen-bond donors (Lipinski definition) is 0. The number of aryl methyl sites for hydroxylation is 1. The van der Waals surface area contributed by atoms with Crippen molar-refractivity contribution in [2.45, 2.75) is 32.4 Å². The molecule has 0 spiro atoms. The van der Waals surface area contributed by atoms with Crippen LogP contribution in [0.2, 0.25) is 0 Å². The number of rotatable bonds is 2. The molecule has 0 unspecified atom stereocenters. The maximum Gasteiger partial charge on any atom is 0.169 e. The predicted octanol–water partition coefficient (Wildman–Crippen LogP) is 2.35. The highest BCUT2D eigenvalue weighted by Crippen LogP contribution is 2.22. The summed E-state index contributed by atoms with van der Waals surface area (Å²) in [7, 11) is 0. The molecule has 0 aromatic carbocycles. The van der Waals surface area contributed by atoms with Crippen LogP contribution in [-0.4, -0.2) is 26.6 Å². The zero-order valence-corrected chi connectivity index (χ0v) is 10.4. The Kier molecular flexibility index (Phi) is 3.06. The van der Waals surface area contributed by atoms with E-state index in [0.29, 0.717) is 0 Å². The van der Waals surface area contributed by atoms with Crippen LogP contribution in [-0.2, 0) is 4.74 Å². The lowest BCUT2D eigenvalue weighted by atomic mass is 10.2. The van der Waals surface area contributed by atoms with Gasteiger partial charge in [-0.25, -0.2) is 0 Å². The Labute approximate surface area is 106 Å². The second-order valence-electron chi connectivity index (χ2n) is 4.59. The van der Waals surface area contributed by atoms with Gasteiger partial charge in [0.1, 0.15) is 5.69 Å². The highest BCUT2D eigenvalue weighted by atomic mass is 16.5. The topological polar surface area (TPSA) is 52.8 Å². The second-order valence-corrected chi connectivity index (χ2v) is 4.59. The zero-order chi connectivity index (χ0) is 12.4. The third-order valence-electron chi connectivity index (χ3n) is 3.10. The second kappa shape index (κ2) is 4.86. The molecule has 2 aromatic heterocycles. The van der Waals surface area contributed by atoms with Crippen LogP contribution in [0.1, 0.15) is 31.1 Å². The van der Waals surface area contributed by atoms with Gasteiger partial charge in [0.15, 0.2) is 6.23 Å². The van der Waals surface area contributed by atoms with Crippen molar-refractivity contribution in [1.29, 1.82) is 0 Å². The highest BCUT2D eigenvalue weighted by Gasteiger charge is 2.18. The molecule has 3 rings (SSSR count). The van der Waals surface area contributed by atoms with E-state index < -0.39 is 0 Å². The van der Waals surface area contributed by atoms with Crippen LogP contribution < -0.4 is 0 Å². The van der Waals surface area contributed by atoms with Gasteiger partial charge in [0.2, 0.25) is 0 Å². The summed E-state index contributed by atoms with van der Waals surface area (Å²) in [6.45, 7) is 2.84. The molecule has 18 heavy (non-hydrogen) atoms. The molecule has 2 aromatic rings. The molecule has 0 aliphatic carbocycles. The van der Waals surface area contributed by atoms with E-state index in [1.807, 2.05) is 19.1 Å². The minimum Gasteiger partial charge on any atom is -0.355 e. The predicted molar refractivity (Wildman–Crippen MR) is 66.8 cm³/mol. The Morgan fingerprint density at radius 2 is 2.28 bits per heavy atom. The first kappa shape index (κ1) is 11.3. The lowest BCUT2D eigenvalue weighted by Crippen LogP contribution is -2.20. The van der Waals surface area contributed by atoms with Crippen LogP contribution in [0.4, 0.5) is 0 Å². The molecule has 0 bridgehead atoms. The molecular formula is C13H16N4O. The van der Waals surface area contributed by atoms with Crippen molar-refractivity contribution in [3.8, 4) is 11.4 Å². The first-order chi connectivity index (χ1) is 8.83. The molecule has 1 aliphatic heterocycles. The highest BCUT2D eigenvalue weighted by molar-refractivity contribution is 5.52. The van der Waals surface area contributed by atoms with Crippen molar-refractivity contribution >= 4 is 0 Å². The summed E-state index contributed by atoms with van der Waals surface area (Å²) in [5.41, 5.74) is 2.83. The average Bonchev–Trinajstić information content (AvgIpc) is 2.89. The summed E-state index contributed by atoms with van der Waals surface area (Å²) >= 11 is 0. The van der Waals surface area contributed by atoms with Crippen molar-refractivity contribution < 1.29 is 4.74 Å². The molecule has 5 heteroatoms. The molecule has 1 fully saturated rings. The van der Waals surface area contributed by atoms with Crippen molar-refractivity contribution in [2.24, 2.45) is 0 Å². The summed E-state index contributed by atoms with van der Waals surface area (Å²) in [4.78, 5) is 5.98. The Morgan fingerprint density at radius 1 is 1.33 bits per heavy atom. The SMILES string of the molecule is Cc1ccnc(-c2cnn([C@@H]3CCCCO3)n2)c1. The van der Waals surface area contributed by atoms with Gasteiger partial charge < -0.3 is 4.74 Å². The first-order valence-corrected chi connectivity index (χ1v) is 6.29. The summed E-state index contributed by atoms with van der Waals surface area (Å²) < 4.78 is 5.65. The van der Waals surface area contributed by atoms with Gasteiger partial charge in [-0.2, -0.15) is 9.90 Å². The van der Waals surface area contributed by atoms with Crippen LogP contribution in [0.5, 0.6) is 0 Å². The van der Waals surface area contributed by atoms with Crippen LogP contribution in [0.25, 0.3) is 11.4 Å². The van der Waals surface area contributed by atoms with Crippen molar-refractivity contribution in [2.75, 3.05) is 6.61 Å². The van der Waals surface area contributed by atoms with Crippen molar-refractivity contribution in [1.82, 2.24) is 20.0 Å². The van der Waals surface area contributed by atoms with Gasteiger partial charge in [0.05, 0.1) is 11.9 Å². The lowest BCUT2D eigenvalue weighted by molar-refractivity contribution is -0.0479. The van der Waals surface area contributed by atoms with E-state index >= 15 is 0 Å². The van der Waals surface area contributed by atoms with Gasteiger partial charge in [-0.3, -0.25) is 4.98 Å². The number of ether oxygens (including phenoxy) is 1. The number of pyridine rings is 1. The molecule has 0 amide bonds. The minimum atomic E-state index is -0.0164. The van der Waals surface area contributed by atoms with Crippen LogP contribution >= 0.6 is 0 Å². The molecule has 1 aliphatic rings. The summed E-state index contributed by atoms with van der Waals surface area (Å²) in [5, 5.41) is 8.75. The maximum atomic E-state index is 5.65. The Hall–Kier alpha value is -1.75. The van der Waals surface area contributed by atoms with Gasteiger partial charge in [0.25, 0.3) is 0 Å². The summed E-state index contributed by atoms with van der Waals surface area (Å²) in [5.74, 6) is 0. The number of nitrogens with zero attached hydrogens (tertiary/aromatic N) is 4. The van der Waals surface area contributed by atoms with E-state index in [0.717, 1.165) is 30.8 Å². The zero-order valence-electron chi connectivity index (χ0n) is 10.4. The van der Waals surface area contributed by atoms with E-state index in [1.54, 1.807) is 17.2 Å². The van der Waals surface area contributed by atoms with Gasteiger partial charge in [0, 0.05) is 12.8 Å². The third-order valence-corrected chi connectivity index (χ3v) is 3.10. The van der Waals surface area contributed by atoms with E-state index in [1.165, 1.54) is 12.0 Å². The Balaban J connectivity index is 1.84. The molecule has 0 saturated carbocycles. The normalized spacial score (nSPS) is 19.9. The lowest BCUT2D eigenvalue weighted by Gasteiger charge is -2.21. The molecular weight excluding hydrogens is 228 g/mol. The smallest absolute Gasteiger partial charge is 0.169 e. The maximum absolute atomic E-state index is 5.65. The molecule has 3 heterocycles. The third kappa shape index (κ3) is 2.26. The van der Waals surface area contributed by atoms with Gasteiger partial charge in [-0.1, -0.05) is 0 Å². The fourth-order valence-electron chi connectivity index (χ4n) is 2.11. The standard InChI is InChI=1S/C13H16N4O/c1-10-5-6-14-11(8-10)12-9-15-17(16-12)13-4-2-3-7-18-13/h5-6,8-9,13H,2-4,7H2,1H3/t13-/m0/s1. The van der Waals surface area contributed by atoms with Gasteiger partial charge >= 0.3 is 0 Å². The minimum absolute atomic E-state index is 0.0164. The van der Waals surface area contributed by atoms with Crippen LogP contribution in [0, 0.1) is 6.92 Å². The fourth-order valence-corrected chi connectivity index (χ4v) is 2.11. The summed E-state index contributed by atoms with van der Waals surface area (Å²) in [6, 6.07) is 3.98. The fraction of sp³-hybridized carbons (Fsp3) is 0.462. The number of aromatic nitrogens is 4. The Morgan fingerprint density at radius 3 is 3.06 bits per heavy atom. The molecule has 0 N–H and O–H groups in total. The van der Waals surface area contributed by atoms with E-state index in [2.05, 4.69) is 15.2 Å². The summed E-state index contributed by atoms with van der Waals surface area (Å²) in [6.07, 6.45) is 6.81. The van der Waals surface area contributed by atoms with E-state index in [-0.39, 0.29) is 6.23 Å². The van der Waals surface area contributed by atoms with Gasteiger partial charge in [-0.15, -0.1) is 5.10 Å². The largest absolute Gasteiger partial charge is 0.355 e. The van der Waals surface area contributed by atoms with Crippen molar-refractivity contribution in [3.05, 3.63) is 30.1 Å². The molecule has 5 nitrogen and oxygen atoms in total. The van der Waals surface area contributed by atoms with Gasteiger partial charge in [-0.05, 0) is 43.9 Å². The van der Waals surface area contributed by atoms with Crippen LogP contribution in [0.15, 0.2) is 24.5 Å². The molecule has 94 valence electrons. The van der Waals surface area contributed by atoms with E-state index in [4.69, 9.17) is 4.74 Å². The molecule has 1 atom stereocenters. The monoisotopic (exact) mass is 244 g/mol.